The number of para-hydroxylation sites is 2. The first-order chi connectivity index (χ1) is 15.3. The molecule has 170 valence electrons. The maximum absolute atomic E-state index is 14.6. The van der Waals surface area contributed by atoms with E-state index in [1.807, 2.05) is 24.3 Å². The summed E-state index contributed by atoms with van der Waals surface area (Å²) in [7, 11) is -3.79. The van der Waals surface area contributed by atoms with E-state index in [2.05, 4.69) is 9.97 Å². The summed E-state index contributed by atoms with van der Waals surface area (Å²) >= 11 is 0. The Morgan fingerprint density at radius 2 is 1.97 bits per heavy atom. The maximum Gasteiger partial charge on any atom is 0.256 e. The number of hydrogen-bond acceptors (Lipinski definition) is 4. The van der Waals surface area contributed by atoms with Gasteiger partial charge in [0.1, 0.15) is 11.6 Å². The molecule has 0 aliphatic carbocycles. The van der Waals surface area contributed by atoms with Gasteiger partial charge in [-0.25, -0.2) is 17.8 Å². The van der Waals surface area contributed by atoms with Crippen molar-refractivity contribution in [3.8, 4) is 0 Å². The van der Waals surface area contributed by atoms with Crippen molar-refractivity contribution in [2.75, 3.05) is 26.2 Å². The van der Waals surface area contributed by atoms with E-state index in [1.165, 1.54) is 10.4 Å². The maximum atomic E-state index is 14.6. The third-order valence-corrected chi connectivity index (χ3v) is 8.06. The highest BCUT2D eigenvalue weighted by Gasteiger charge is 2.30. The largest absolute Gasteiger partial charge is 0.342 e. The molecule has 1 aliphatic heterocycles. The lowest BCUT2D eigenvalue weighted by atomic mass is 9.96. The number of likely N-dealkylation sites (tertiary alicyclic amines) is 1. The molecule has 1 aromatic heterocycles. The smallest absolute Gasteiger partial charge is 0.256 e. The Morgan fingerprint density at radius 3 is 2.69 bits per heavy atom. The number of halogens is 1. The van der Waals surface area contributed by atoms with E-state index in [4.69, 9.17) is 0 Å². The Kier molecular flexibility index (Phi) is 6.30. The molecule has 1 aliphatic rings. The molecule has 0 saturated carbocycles. The molecule has 0 spiro atoms. The molecular weight excluding hydrogens is 431 g/mol. The van der Waals surface area contributed by atoms with Crippen molar-refractivity contribution in [1.82, 2.24) is 19.2 Å². The lowest BCUT2D eigenvalue weighted by Gasteiger charge is -2.32. The van der Waals surface area contributed by atoms with Crippen molar-refractivity contribution in [3.05, 3.63) is 59.7 Å². The molecular formula is C23H27FN4O3S. The van der Waals surface area contributed by atoms with Gasteiger partial charge in [0.2, 0.25) is 10.0 Å². The van der Waals surface area contributed by atoms with E-state index in [1.54, 1.807) is 18.7 Å². The summed E-state index contributed by atoms with van der Waals surface area (Å²) < 4.78 is 41.6. The quantitative estimate of drug-likeness (QED) is 0.610. The Hall–Kier alpha value is -2.78. The Balaban J connectivity index is 1.59. The fourth-order valence-corrected chi connectivity index (χ4v) is 5.75. The number of piperidine rings is 1. The van der Waals surface area contributed by atoms with Crippen LogP contribution in [0.2, 0.25) is 0 Å². The van der Waals surface area contributed by atoms with E-state index in [-0.39, 0.29) is 16.4 Å². The number of amides is 1. The van der Waals surface area contributed by atoms with Gasteiger partial charge < -0.3 is 9.88 Å². The highest BCUT2D eigenvalue weighted by atomic mass is 32.2. The van der Waals surface area contributed by atoms with Crippen LogP contribution in [0.25, 0.3) is 11.0 Å². The van der Waals surface area contributed by atoms with E-state index < -0.39 is 21.7 Å². The highest BCUT2D eigenvalue weighted by molar-refractivity contribution is 7.89. The molecule has 0 radical (unpaired) electrons. The number of nitrogens with one attached hydrogen (secondary N) is 1. The second-order valence-corrected chi connectivity index (χ2v) is 9.90. The van der Waals surface area contributed by atoms with Gasteiger partial charge in [0, 0.05) is 32.1 Å². The third-order valence-electron chi connectivity index (χ3n) is 6.01. The number of carbonyl (C=O) groups is 1. The molecule has 4 rings (SSSR count). The second kappa shape index (κ2) is 8.99. The summed E-state index contributed by atoms with van der Waals surface area (Å²) in [6.07, 6.45) is 1.62. The Morgan fingerprint density at radius 1 is 1.22 bits per heavy atom. The first kappa shape index (κ1) is 22.4. The number of imidazole rings is 1. The summed E-state index contributed by atoms with van der Waals surface area (Å²) in [5.41, 5.74) is 1.58. The first-order valence-electron chi connectivity index (χ1n) is 10.9. The number of aromatic nitrogens is 2. The van der Waals surface area contributed by atoms with Crippen LogP contribution in [0.3, 0.4) is 0 Å². The van der Waals surface area contributed by atoms with Crippen LogP contribution >= 0.6 is 0 Å². The number of fused-ring (bicyclic) bond motifs is 1. The average Bonchev–Trinajstić information content (AvgIpc) is 3.24. The minimum absolute atomic E-state index is 0.00532. The standard InChI is InChI=1S/C23H27FN4O3S/c1-3-28(4-2)32(30,31)17-11-12-19(24)18(14-17)23(29)27-13-7-8-16(15-27)22-25-20-9-5-6-10-21(20)26-22/h5-6,9-12,14,16H,3-4,7-8,13,15H2,1-2H3,(H,25,26)/t16-/m0/s1. The molecule has 0 unspecified atom stereocenters. The predicted molar refractivity (Wildman–Crippen MR) is 120 cm³/mol. The van der Waals surface area contributed by atoms with Gasteiger partial charge in [0.15, 0.2) is 0 Å². The number of rotatable bonds is 6. The number of H-pyrrole nitrogens is 1. The van der Waals surface area contributed by atoms with Crippen LogP contribution in [-0.2, 0) is 10.0 Å². The van der Waals surface area contributed by atoms with Crippen LogP contribution in [0, 0.1) is 5.82 Å². The highest BCUT2D eigenvalue weighted by Crippen LogP contribution is 2.28. The zero-order valence-corrected chi connectivity index (χ0v) is 19.0. The van der Waals surface area contributed by atoms with Gasteiger partial charge in [0.25, 0.3) is 5.91 Å². The van der Waals surface area contributed by atoms with Gasteiger partial charge >= 0.3 is 0 Å². The SMILES string of the molecule is CCN(CC)S(=O)(=O)c1ccc(F)c(C(=O)N2CCC[C@H](c3nc4ccccc4[nH]3)C2)c1. The second-order valence-electron chi connectivity index (χ2n) is 7.96. The predicted octanol–water partition coefficient (Wildman–Crippen LogP) is 3.75. The lowest BCUT2D eigenvalue weighted by Crippen LogP contribution is -2.40. The Bertz CT molecular complexity index is 1200. The molecule has 1 N–H and O–H groups in total. The van der Waals surface area contributed by atoms with Crippen LogP contribution in [0.1, 0.15) is 48.8 Å². The minimum Gasteiger partial charge on any atom is -0.342 e. The molecule has 1 fully saturated rings. The van der Waals surface area contributed by atoms with Crippen LogP contribution in [0.5, 0.6) is 0 Å². The van der Waals surface area contributed by atoms with Gasteiger partial charge in [-0.05, 0) is 43.2 Å². The van der Waals surface area contributed by atoms with E-state index in [9.17, 15) is 17.6 Å². The number of carbonyl (C=O) groups excluding carboxylic acids is 1. The molecule has 1 amide bonds. The number of sulfonamides is 1. The zero-order chi connectivity index (χ0) is 22.9. The van der Waals surface area contributed by atoms with Crippen LogP contribution in [0.15, 0.2) is 47.4 Å². The van der Waals surface area contributed by atoms with Crippen molar-refractivity contribution < 1.29 is 17.6 Å². The van der Waals surface area contributed by atoms with E-state index >= 15 is 0 Å². The topological polar surface area (TPSA) is 86.4 Å². The molecule has 7 nitrogen and oxygen atoms in total. The minimum atomic E-state index is -3.79. The fourth-order valence-electron chi connectivity index (χ4n) is 4.26. The van der Waals surface area contributed by atoms with Gasteiger partial charge in [0.05, 0.1) is 21.5 Å². The molecule has 2 aromatic carbocycles. The normalized spacial score (nSPS) is 17.2. The van der Waals surface area contributed by atoms with Crippen LogP contribution in [0.4, 0.5) is 4.39 Å². The van der Waals surface area contributed by atoms with Crippen LogP contribution < -0.4 is 0 Å². The van der Waals surface area contributed by atoms with E-state index in [0.717, 1.165) is 41.8 Å². The first-order valence-corrected chi connectivity index (χ1v) is 12.3. The number of aromatic amines is 1. The zero-order valence-electron chi connectivity index (χ0n) is 18.2. The van der Waals surface area contributed by atoms with Gasteiger partial charge in [-0.1, -0.05) is 26.0 Å². The third kappa shape index (κ3) is 4.14. The number of hydrogen-bond donors (Lipinski definition) is 1. The summed E-state index contributed by atoms with van der Waals surface area (Å²) in [4.78, 5) is 22.7. The number of benzene rings is 2. The molecule has 1 saturated heterocycles. The van der Waals surface area contributed by atoms with Crippen molar-refractivity contribution >= 4 is 27.0 Å². The number of nitrogens with zero attached hydrogens (tertiary/aromatic N) is 3. The summed E-state index contributed by atoms with van der Waals surface area (Å²) in [6, 6.07) is 11.2. The van der Waals surface area contributed by atoms with Gasteiger partial charge in [-0.3, -0.25) is 4.79 Å². The summed E-state index contributed by atoms with van der Waals surface area (Å²) in [5, 5.41) is 0. The molecule has 2 heterocycles. The fraction of sp³-hybridized carbons (Fsp3) is 0.391. The van der Waals surface area contributed by atoms with Crippen LogP contribution in [-0.4, -0.2) is 59.7 Å². The molecule has 32 heavy (non-hydrogen) atoms. The molecule has 0 bridgehead atoms. The lowest BCUT2D eigenvalue weighted by molar-refractivity contribution is 0.0700. The van der Waals surface area contributed by atoms with Crippen molar-refractivity contribution in [1.29, 1.82) is 0 Å². The van der Waals surface area contributed by atoms with E-state index in [0.29, 0.717) is 26.2 Å². The van der Waals surface area contributed by atoms with Crippen molar-refractivity contribution in [3.63, 3.8) is 0 Å². The molecule has 9 heteroatoms. The van der Waals surface area contributed by atoms with Crippen molar-refractivity contribution in [2.45, 2.75) is 37.5 Å². The van der Waals surface area contributed by atoms with Crippen molar-refractivity contribution in [2.24, 2.45) is 0 Å². The average molecular weight is 459 g/mol. The summed E-state index contributed by atoms with van der Waals surface area (Å²) in [6.45, 7) is 4.95. The molecule has 3 aromatic rings. The molecule has 1 atom stereocenters. The monoisotopic (exact) mass is 458 g/mol. The summed E-state index contributed by atoms with van der Waals surface area (Å²) in [5.74, 6) is -0.410. The van der Waals surface area contributed by atoms with Gasteiger partial charge in [-0.15, -0.1) is 0 Å². The Labute approximate surface area is 187 Å². The van der Waals surface area contributed by atoms with Gasteiger partial charge in [-0.2, -0.15) is 4.31 Å².